The van der Waals surface area contributed by atoms with Crippen molar-refractivity contribution in [2.45, 2.75) is 25.0 Å². The van der Waals surface area contributed by atoms with Gasteiger partial charge in [-0.3, -0.25) is 4.79 Å². The first-order valence-electron chi connectivity index (χ1n) is 6.23. The molecule has 0 aliphatic heterocycles. The second kappa shape index (κ2) is 9.51. The average molecular weight is 305 g/mol. The maximum atomic E-state index is 11.2. The van der Waals surface area contributed by atoms with Gasteiger partial charge >= 0.3 is 0 Å². The van der Waals surface area contributed by atoms with Crippen LogP contribution in [0.25, 0.3) is 0 Å². The lowest BCUT2D eigenvalue weighted by Gasteiger charge is -1.98. The number of hydrogen-bond acceptors (Lipinski definition) is 5. The van der Waals surface area contributed by atoms with Crippen molar-refractivity contribution in [3.8, 4) is 24.2 Å². The van der Waals surface area contributed by atoms with E-state index in [0.717, 1.165) is 0 Å². The maximum absolute atomic E-state index is 11.2. The van der Waals surface area contributed by atoms with Crippen LogP contribution in [0.1, 0.15) is 30.7 Å². The van der Waals surface area contributed by atoms with Crippen molar-refractivity contribution in [3.63, 3.8) is 0 Å². The van der Waals surface area contributed by atoms with Gasteiger partial charge in [0.05, 0.1) is 12.1 Å². The number of carbonyl (C=O) groups excluding carboxylic acids is 1. The zero-order chi connectivity index (χ0) is 15.5. The molecule has 1 aromatic heterocycles. The summed E-state index contributed by atoms with van der Waals surface area (Å²) in [6.45, 7) is 0.239. The van der Waals surface area contributed by atoms with Crippen LogP contribution in [0.2, 0.25) is 0 Å². The minimum atomic E-state index is -2.52. The molecule has 1 amide bonds. The van der Waals surface area contributed by atoms with E-state index in [2.05, 4.69) is 33.0 Å². The number of rotatable bonds is 6. The lowest BCUT2D eigenvalue weighted by molar-refractivity contribution is -0.120. The SMILES string of the molecule is C#CCNC(=O)CCCC#Cc1cnc(C[SH](=O)=O)nc1. The van der Waals surface area contributed by atoms with Gasteiger partial charge < -0.3 is 5.32 Å². The van der Waals surface area contributed by atoms with E-state index in [-0.39, 0.29) is 24.0 Å². The fourth-order valence-corrected chi connectivity index (χ4v) is 1.75. The number of thiol groups is 1. The highest BCUT2D eigenvalue weighted by Crippen LogP contribution is 1.97. The Labute approximate surface area is 125 Å². The molecule has 0 atom stereocenters. The van der Waals surface area contributed by atoms with Gasteiger partial charge in [0.1, 0.15) is 22.3 Å². The predicted molar refractivity (Wildman–Crippen MR) is 78.6 cm³/mol. The number of hydrogen-bond donors (Lipinski definition) is 2. The zero-order valence-corrected chi connectivity index (χ0v) is 12.2. The topological polar surface area (TPSA) is 89.0 Å². The molecule has 0 aliphatic carbocycles. The fraction of sp³-hybridized carbons (Fsp3) is 0.357. The van der Waals surface area contributed by atoms with E-state index >= 15 is 0 Å². The Morgan fingerprint density at radius 1 is 1.33 bits per heavy atom. The summed E-state index contributed by atoms with van der Waals surface area (Å²) in [5.74, 6) is 8.07. The van der Waals surface area contributed by atoms with Crippen LogP contribution in [0.5, 0.6) is 0 Å². The molecule has 1 heterocycles. The van der Waals surface area contributed by atoms with E-state index < -0.39 is 10.7 Å². The number of terminal acetylenes is 1. The van der Waals surface area contributed by atoms with E-state index in [4.69, 9.17) is 6.42 Å². The second-order valence-electron chi connectivity index (χ2n) is 4.01. The van der Waals surface area contributed by atoms with Crippen LogP contribution in [-0.4, -0.2) is 30.8 Å². The van der Waals surface area contributed by atoms with Gasteiger partial charge in [0.15, 0.2) is 0 Å². The van der Waals surface area contributed by atoms with E-state index in [9.17, 15) is 13.2 Å². The lowest BCUT2D eigenvalue weighted by atomic mass is 10.2. The van der Waals surface area contributed by atoms with Gasteiger partial charge in [-0.2, -0.15) is 0 Å². The van der Waals surface area contributed by atoms with Gasteiger partial charge in [-0.1, -0.05) is 17.8 Å². The van der Waals surface area contributed by atoms with Gasteiger partial charge in [-0.25, -0.2) is 18.4 Å². The fourth-order valence-electron chi connectivity index (χ4n) is 1.36. The minimum absolute atomic E-state index is 0.0887. The Bertz CT molecular complexity index is 641. The second-order valence-corrected chi connectivity index (χ2v) is 5.00. The molecule has 0 aliphatic rings. The Hall–Kier alpha value is -2.38. The maximum Gasteiger partial charge on any atom is 0.220 e. The van der Waals surface area contributed by atoms with Crippen molar-refractivity contribution in [2.75, 3.05) is 6.54 Å². The van der Waals surface area contributed by atoms with Crippen LogP contribution in [0.3, 0.4) is 0 Å². The van der Waals surface area contributed by atoms with Gasteiger partial charge in [-0.15, -0.1) is 6.42 Å². The summed E-state index contributed by atoms with van der Waals surface area (Å²) in [7, 11) is -2.52. The van der Waals surface area contributed by atoms with E-state index in [0.29, 0.717) is 24.8 Å². The lowest BCUT2D eigenvalue weighted by Crippen LogP contribution is -2.22. The molecule has 1 N–H and O–H groups in total. The molecular weight excluding hydrogens is 290 g/mol. The smallest absolute Gasteiger partial charge is 0.220 e. The first-order valence-corrected chi connectivity index (χ1v) is 7.60. The number of nitrogens with one attached hydrogen (secondary N) is 1. The molecule has 1 aromatic rings. The number of aromatic nitrogens is 2. The van der Waals surface area contributed by atoms with Crippen molar-refractivity contribution < 1.29 is 13.2 Å². The van der Waals surface area contributed by atoms with Crippen LogP contribution in [0.4, 0.5) is 0 Å². The normalized spacial score (nSPS) is 9.52. The van der Waals surface area contributed by atoms with Crippen molar-refractivity contribution in [2.24, 2.45) is 0 Å². The number of nitrogens with zero attached hydrogens (tertiary/aromatic N) is 2. The molecule has 0 fully saturated rings. The molecule has 21 heavy (non-hydrogen) atoms. The highest BCUT2D eigenvalue weighted by molar-refractivity contribution is 7.71. The Balaban J connectivity index is 2.35. The summed E-state index contributed by atoms with van der Waals surface area (Å²) in [4.78, 5) is 19.0. The standard InChI is InChI=1S/C14H15N3O3S/c1-2-8-15-14(18)7-5-3-4-6-12-9-16-13(17-10-12)11-21(19)20/h1,9-10,21H,3,5,7-8,11H2,(H,15,18). The van der Waals surface area contributed by atoms with Gasteiger partial charge in [0, 0.05) is 25.2 Å². The number of unbranched alkanes of at least 4 members (excludes halogenated alkanes) is 1. The molecule has 0 saturated carbocycles. The summed E-state index contributed by atoms with van der Waals surface area (Å²) in [5, 5.41) is 2.57. The third-order valence-electron chi connectivity index (χ3n) is 2.30. The number of amides is 1. The van der Waals surface area contributed by atoms with Gasteiger partial charge in [0.25, 0.3) is 0 Å². The zero-order valence-electron chi connectivity index (χ0n) is 11.3. The van der Waals surface area contributed by atoms with E-state index in [1.54, 1.807) is 0 Å². The van der Waals surface area contributed by atoms with Crippen LogP contribution >= 0.6 is 0 Å². The highest BCUT2D eigenvalue weighted by atomic mass is 32.2. The largest absolute Gasteiger partial charge is 0.345 e. The van der Waals surface area contributed by atoms with E-state index in [1.807, 2.05) is 0 Å². The summed E-state index contributed by atoms with van der Waals surface area (Å²) in [6, 6.07) is 0. The summed E-state index contributed by atoms with van der Waals surface area (Å²) in [5.41, 5.74) is 0.608. The third kappa shape index (κ3) is 7.71. The van der Waals surface area contributed by atoms with Gasteiger partial charge in [0.2, 0.25) is 5.91 Å². The van der Waals surface area contributed by atoms with Crippen molar-refractivity contribution >= 4 is 16.6 Å². The Kier molecular flexibility index (Phi) is 7.55. The van der Waals surface area contributed by atoms with Gasteiger partial charge in [-0.05, 0) is 6.42 Å². The van der Waals surface area contributed by atoms with Crippen LogP contribution in [0, 0.1) is 24.2 Å². The molecule has 0 spiro atoms. The molecule has 7 heteroatoms. The molecule has 0 bridgehead atoms. The first kappa shape index (κ1) is 16.7. The molecule has 1 rings (SSSR count). The molecule has 0 unspecified atom stereocenters. The summed E-state index contributed by atoms with van der Waals surface area (Å²) < 4.78 is 21.0. The Morgan fingerprint density at radius 3 is 2.67 bits per heavy atom. The van der Waals surface area contributed by atoms with Crippen LogP contribution < -0.4 is 5.32 Å². The van der Waals surface area contributed by atoms with Crippen LogP contribution in [0.15, 0.2) is 12.4 Å². The quantitative estimate of drug-likeness (QED) is 0.434. The molecule has 110 valence electrons. The van der Waals surface area contributed by atoms with E-state index in [1.165, 1.54) is 12.4 Å². The van der Waals surface area contributed by atoms with Crippen molar-refractivity contribution in [3.05, 3.63) is 23.8 Å². The first-order chi connectivity index (χ1) is 10.1. The van der Waals surface area contributed by atoms with Crippen LogP contribution in [-0.2, 0) is 21.3 Å². The highest BCUT2D eigenvalue weighted by Gasteiger charge is 1.98. The summed E-state index contributed by atoms with van der Waals surface area (Å²) >= 11 is 0. The molecule has 6 nitrogen and oxygen atoms in total. The molecule has 0 saturated heterocycles. The monoisotopic (exact) mass is 305 g/mol. The van der Waals surface area contributed by atoms with Crippen molar-refractivity contribution in [1.29, 1.82) is 0 Å². The molecule has 0 radical (unpaired) electrons. The Morgan fingerprint density at radius 2 is 2.05 bits per heavy atom. The average Bonchev–Trinajstić information content (AvgIpc) is 2.46. The molecular formula is C14H15N3O3S. The van der Waals surface area contributed by atoms with Crippen molar-refractivity contribution in [1.82, 2.24) is 15.3 Å². The predicted octanol–water partition coefficient (Wildman–Crippen LogP) is -0.141. The minimum Gasteiger partial charge on any atom is -0.345 e. The third-order valence-corrected chi connectivity index (χ3v) is 2.84. The molecule has 0 aromatic carbocycles. The summed E-state index contributed by atoms with van der Waals surface area (Å²) in [6.07, 6.45) is 9.56. The number of carbonyl (C=O) groups is 1.